The number of rotatable bonds is 6. The number of aromatic nitrogens is 3. The molecule has 1 aliphatic rings. The fourth-order valence-electron chi connectivity index (χ4n) is 4.94. The van der Waals surface area contributed by atoms with Crippen LogP contribution in [-0.2, 0) is 9.53 Å². The Hall–Kier alpha value is -4.53. The summed E-state index contributed by atoms with van der Waals surface area (Å²) in [5.74, 6) is 0.338. The van der Waals surface area contributed by atoms with E-state index in [1.165, 1.54) is 0 Å². The van der Waals surface area contributed by atoms with Crippen molar-refractivity contribution in [3.63, 3.8) is 0 Å². The number of fused-ring (bicyclic) bond motifs is 1. The Morgan fingerprint density at radius 3 is 2.49 bits per heavy atom. The molecule has 3 heterocycles. The van der Waals surface area contributed by atoms with Crippen LogP contribution in [-0.4, -0.2) is 50.0 Å². The smallest absolute Gasteiger partial charge is 0.410 e. The van der Waals surface area contributed by atoms with E-state index in [1.54, 1.807) is 17.3 Å². The Labute approximate surface area is 240 Å². The number of benzene rings is 2. The highest BCUT2D eigenvalue weighted by molar-refractivity contribution is 5.86. The van der Waals surface area contributed by atoms with Crippen LogP contribution in [0.4, 0.5) is 16.4 Å². The van der Waals surface area contributed by atoms with E-state index in [-0.39, 0.29) is 11.9 Å². The Kier molecular flexibility index (Phi) is 8.14. The van der Waals surface area contributed by atoms with Crippen molar-refractivity contribution < 1.29 is 14.3 Å². The highest BCUT2D eigenvalue weighted by atomic mass is 16.6. The fourth-order valence-corrected chi connectivity index (χ4v) is 4.94. The molecule has 41 heavy (non-hydrogen) atoms. The zero-order valence-electron chi connectivity index (χ0n) is 23.9. The normalized spacial score (nSPS) is 16.2. The first-order valence-electron chi connectivity index (χ1n) is 14.0. The van der Waals surface area contributed by atoms with Crippen LogP contribution in [0.3, 0.4) is 0 Å². The van der Waals surface area contributed by atoms with E-state index in [1.807, 2.05) is 82.4 Å². The predicted octanol–water partition coefficient (Wildman–Crippen LogP) is 6.40. The van der Waals surface area contributed by atoms with Crippen LogP contribution in [0.5, 0.6) is 0 Å². The summed E-state index contributed by atoms with van der Waals surface area (Å²) in [7, 11) is 0. The average molecular weight is 553 g/mol. The highest BCUT2D eigenvalue weighted by Crippen LogP contribution is 2.25. The number of pyridine rings is 1. The van der Waals surface area contributed by atoms with Crippen molar-refractivity contribution in [2.24, 2.45) is 0 Å². The zero-order chi connectivity index (χ0) is 29.0. The van der Waals surface area contributed by atoms with Gasteiger partial charge < -0.3 is 15.4 Å². The molecule has 0 unspecified atom stereocenters. The summed E-state index contributed by atoms with van der Waals surface area (Å²) in [4.78, 5) is 40.7. The molecule has 1 fully saturated rings. The molecule has 2 N–H and O–H groups in total. The first-order valence-corrected chi connectivity index (χ1v) is 14.0. The van der Waals surface area contributed by atoms with Crippen LogP contribution in [0.25, 0.3) is 22.0 Å². The molecule has 0 spiro atoms. The monoisotopic (exact) mass is 552 g/mol. The summed E-state index contributed by atoms with van der Waals surface area (Å²) in [5, 5.41) is 7.30. The summed E-state index contributed by atoms with van der Waals surface area (Å²) in [5.41, 5.74) is 4.20. The van der Waals surface area contributed by atoms with Crippen molar-refractivity contribution in [2.75, 3.05) is 11.9 Å². The maximum absolute atomic E-state index is 13.2. The lowest BCUT2D eigenvalue weighted by Crippen LogP contribution is -2.53. The molecule has 1 aliphatic heterocycles. The molecule has 0 bridgehead atoms. The van der Waals surface area contributed by atoms with Gasteiger partial charge in [-0.25, -0.2) is 14.8 Å². The molecular weight excluding hydrogens is 516 g/mol. The second kappa shape index (κ2) is 11.9. The minimum absolute atomic E-state index is 0.165. The molecule has 2 aromatic carbocycles. The first-order chi connectivity index (χ1) is 19.7. The van der Waals surface area contributed by atoms with Gasteiger partial charge in [-0.1, -0.05) is 18.2 Å². The highest BCUT2D eigenvalue weighted by Gasteiger charge is 2.35. The van der Waals surface area contributed by atoms with Gasteiger partial charge >= 0.3 is 6.09 Å². The number of anilines is 2. The van der Waals surface area contributed by atoms with Crippen molar-refractivity contribution in [2.45, 2.75) is 64.6 Å². The number of hydrogen-bond acceptors (Lipinski definition) is 7. The van der Waals surface area contributed by atoms with Gasteiger partial charge in [0, 0.05) is 36.2 Å². The third kappa shape index (κ3) is 6.98. The Bertz CT molecular complexity index is 1520. The molecule has 0 saturated carbocycles. The van der Waals surface area contributed by atoms with Gasteiger partial charge in [0.25, 0.3) is 0 Å². The minimum Gasteiger partial charge on any atom is -0.444 e. The summed E-state index contributed by atoms with van der Waals surface area (Å²) < 4.78 is 5.54. The minimum atomic E-state index is -0.611. The van der Waals surface area contributed by atoms with Gasteiger partial charge in [-0.3, -0.25) is 14.7 Å². The van der Waals surface area contributed by atoms with E-state index in [9.17, 15) is 9.59 Å². The van der Waals surface area contributed by atoms with Crippen LogP contribution in [0.2, 0.25) is 0 Å². The van der Waals surface area contributed by atoms with Gasteiger partial charge in [0.1, 0.15) is 11.6 Å². The van der Waals surface area contributed by atoms with Crippen molar-refractivity contribution >= 4 is 34.5 Å². The average Bonchev–Trinajstić information content (AvgIpc) is 2.97. The molecule has 2 atom stereocenters. The molecule has 0 aliphatic carbocycles. The third-order valence-electron chi connectivity index (χ3n) is 7.05. The van der Waals surface area contributed by atoms with E-state index in [0.717, 1.165) is 46.1 Å². The molecule has 5 rings (SSSR count). The Morgan fingerprint density at radius 2 is 1.76 bits per heavy atom. The number of likely N-dealkylation sites (tertiary alicyclic amines) is 1. The number of nitrogens with zero attached hydrogens (tertiary/aromatic N) is 4. The van der Waals surface area contributed by atoms with Gasteiger partial charge in [-0.2, -0.15) is 0 Å². The summed E-state index contributed by atoms with van der Waals surface area (Å²) in [6, 6.07) is 17.1. The van der Waals surface area contributed by atoms with Gasteiger partial charge in [-0.05, 0) is 100 Å². The second-order valence-electron chi connectivity index (χ2n) is 11.4. The van der Waals surface area contributed by atoms with Gasteiger partial charge in [-0.15, -0.1) is 0 Å². The van der Waals surface area contributed by atoms with Gasteiger partial charge in [0.05, 0.1) is 11.6 Å². The molecule has 4 aromatic rings. The lowest BCUT2D eigenvalue weighted by atomic mass is 10.0. The Morgan fingerprint density at radius 1 is 1.00 bits per heavy atom. The lowest BCUT2D eigenvalue weighted by molar-refractivity contribution is -0.128. The molecule has 212 valence electrons. The topological polar surface area (TPSA) is 109 Å². The van der Waals surface area contributed by atoms with Crippen molar-refractivity contribution in [1.82, 2.24) is 25.2 Å². The number of piperidine rings is 1. The van der Waals surface area contributed by atoms with E-state index in [0.29, 0.717) is 18.9 Å². The van der Waals surface area contributed by atoms with E-state index in [2.05, 4.69) is 31.7 Å². The van der Waals surface area contributed by atoms with Crippen LogP contribution in [0, 0.1) is 0 Å². The maximum Gasteiger partial charge on any atom is 0.410 e. The fraction of sp³-hybridized carbons (Fsp3) is 0.344. The number of carbonyl (C=O) groups excluding carboxylic acids is 2. The second-order valence-corrected chi connectivity index (χ2v) is 11.4. The van der Waals surface area contributed by atoms with Gasteiger partial charge in [0.15, 0.2) is 0 Å². The number of carbonyl (C=O) groups is 2. The summed E-state index contributed by atoms with van der Waals surface area (Å²) in [6.45, 7) is 7.95. The lowest BCUT2D eigenvalue weighted by Gasteiger charge is -2.36. The molecule has 1 saturated heterocycles. The zero-order valence-corrected chi connectivity index (χ0v) is 23.9. The molecular formula is C32H36N6O3. The molecule has 2 amide bonds. The van der Waals surface area contributed by atoms with Crippen LogP contribution >= 0.6 is 0 Å². The largest absolute Gasteiger partial charge is 0.444 e. The quantitative estimate of drug-likeness (QED) is 0.285. The van der Waals surface area contributed by atoms with Gasteiger partial charge in [0.2, 0.25) is 11.9 Å². The summed E-state index contributed by atoms with van der Waals surface area (Å²) >= 11 is 0. The van der Waals surface area contributed by atoms with Crippen molar-refractivity contribution in [1.29, 1.82) is 0 Å². The van der Waals surface area contributed by atoms with E-state index < -0.39 is 17.7 Å². The predicted molar refractivity (Wildman–Crippen MR) is 160 cm³/mol. The Balaban J connectivity index is 1.21. The number of amides is 2. The van der Waals surface area contributed by atoms with Crippen molar-refractivity contribution in [3.8, 4) is 11.1 Å². The van der Waals surface area contributed by atoms with Crippen LogP contribution in [0.1, 0.15) is 58.6 Å². The number of ether oxygens (including phenoxy) is 1. The first kappa shape index (κ1) is 28.0. The van der Waals surface area contributed by atoms with Crippen LogP contribution in [0.15, 0.2) is 73.2 Å². The maximum atomic E-state index is 13.2. The van der Waals surface area contributed by atoms with Crippen molar-refractivity contribution in [3.05, 3.63) is 78.8 Å². The number of nitrogens with one attached hydrogen (secondary N) is 2. The molecule has 9 nitrogen and oxygen atoms in total. The van der Waals surface area contributed by atoms with E-state index >= 15 is 0 Å². The standard InChI is InChI=1S/C32H36N6O3/c1-21(35-29(39)28-7-5-6-18-38(28)31(40)41-32(2,3)4)22-8-11-26(12-9-22)36-30-34-20-25-19-24(10-13-27(25)37-30)23-14-16-33-17-15-23/h8-17,19-21,28H,5-7,18H2,1-4H3,(H,35,39)(H,34,36,37)/t21-,28-/m0/s1. The third-order valence-corrected chi connectivity index (χ3v) is 7.05. The summed E-state index contributed by atoms with van der Waals surface area (Å²) in [6.07, 6.45) is 7.31. The molecule has 9 heteroatoms. The molecule has 0 radical (unpaired) electrons. The van der Waals surface area contributed by atoms with E-state index in [4.69, 9.17) is 4.74 Å². The number of hydrogen-bond donors (Lipinski definition) is 2. The molecule has 2 aromatic heterocycles. The SMILES string of the molecule is C[C@H](NC(=O)[C@@H]1CCCCN1C(=O)OC(C)(C)C)c1ccc(Nc2ncc3cc(-c4ccncc4)ccc3n2)cc1. The van der Waals surface area contributed by atoms with Crippen LogP contribution < -0.4 is 10.6 Å².